The second-order valence-electron chi connectivity index (χ2n) is 4.45. The quantitative estimate of drug-likeness (QED) is 0.741. The van der Waals surface area contributed by atoms with E-state index in [2.05, 4.69) is 4.98 Å². The van der Waals surface area contributed by atoms with Crippen LogP contribution in [0.15, 0.2) is 40.5 Å². The summed E-state index contributed by atoms with van der Waals surface area (Å²) in [7, 11) is 0. The molecule has 106 valence electrons. The summed E-state index contributed by atoms with van der Waals surface area (Å²) in [5.41, 5.74) is 1.74. The monoisotopic (exact) mass is 317 g/mol. The average molecular weight is 317 g/mol. The van der Waals surface area contributed by atoms with Gasteiger partial charge in [0.05, 0.1) is 11.2 Å². The number of carboxylic acid groups (broad SMARTS) is 1. The summed E-state index contributed by atoms with van der Waals surface area (Å²) in [6, 6.07) is 8.44. The first kappa shape index (κ1) is 13.7. The lowest BCUT2D eigenvalue weighted by Crippen LogP contribution is -2.24. The molecule has 0 aliphatic heterocycles. The van der Waals surface area contributed by atoms with Crippen LogP contribution in [0, 0.1) is 4.77 Å². The van der Waals surface area contributed by atoms with Crippen LogP contribution >= 0.6 is 23.6 Å². The minimum absolute atomic E-state index is 0.161. The topological polar surface area (TPSA) is 77.9 Å². The van der Waals surface area contributed by atoms with Gasteiger partial charge in [-0.1, -0.05) is 12.1 Å². The molecular formula is C14H9N2O3S2-. The molecule has 3 rings (SSSR count). The lowest BCUT2D eigenvalue weighted by molar-refractivity contribution is -0.304. The van der Waals surface area contributed by atoms with Crippen molar-refractivity contribution >= 4 is 39.7 Å². The van der Waals surface area contributed by atoms with Gasteiger partial charge in [-0.2, -0.15) is 0 Å². The summed E-state index contributed by atoms with van der Waals surface area (Å²) in [6.07, 6.45) is -0.161. The molecule has 2 heterocycles. The number of aliphatic carboxylic acids is 1. The van der Waals surface area contributed by atoms with Crippen molar-refractivity contribution in [3.63, 3.8) is 0 Å². The SMILES string of the molecule is O=C([O-])Cc1ccc(-n2c(=S)[nH]c3ccsc3c2=O)cc1. The van der Waals surface area contributed by atoms with E-state index in [1.807, 2.05) is 11.4 Å². The van der Waals surface area contributed by atoms with E-state index in [4.69, 9.17) is 12.2 Å². The first-order valence-electron chi connectivity index (χ1n) is 6.08. The van der Waals surface area contributed by atoms with Crippen molar-refractivity contribution in [2.24, 2.45) is 0 Å². The molecule has 7 heteroatoms. The van der Waals surface area contributed by atoms with Crippen molar-refractivity contribution in [2.75, 3.05) is 0 Å². The molecule has 3 aromatic rings. The Morgan fingerprint density at radius 2 is 2.00 bits per heavy atom. The molecule has 0 spiro atoms. The first-order chi connectivity index (χ1) is 10.1. The minimum atomic E-state index is -1.14. The van der Waals surface area contributed by atoms with Crippen LogP contribution < -0.4 is 10.7 Å². The van der Waals surface area contributed by atoms with Gasteiger partial charge < -0.3 is 14.9 Å². The number of carboxylic acids is 1. The predicted octanol–water partition coefficient (Wildman–Crippen LogP) is 1.40. The molecule has 0 saturated carbocycles. The highest BCUT2D eigenvalue weighted by Gasteiger charge is 2.08. The Morgan fingerprint density at radius 1 is 1.29 bits per heavy atom. The smallest absolute Gasteiger partial charge is 0.276 e. The van der Waals surface area contributed by atoms with Crippen LogP contribution in [-0.2, 0) is 11.2 Å². The van der Waals surface area contributed by atoms with Gasteiger partial charge in [0.15, 0.2) is 4.77 Å². The minimum Gasteiger partial charge on any atom is -0.550 e. The van der Waals surface area contributed by atoms with E-state index in [0.717, 1.165) is 5.52 Å². The number of H-pyrrole nitrogens is 1. The normalized spacial score (nSPS) is 10.9. The highest BCUT2D eigenvalue weighted by molar-refractivity contribution is 7.71. The summed E-state index contributed by atoms with van der Waals surface area (Å²) >= 11 is 6.57. The maximum atomic E-state index is 12.5. The summed E-state index contributed by atoms with van der Waals surface area (Å²) in [5.74, 6) is -1.14. The fourth-order valence-corrected chi connectivity index (χ4v) is 3.18. The summed E-state index contributed by atoms with van der Waals surface area (Å²) < 4.78 is 2.30. The fraction of sp³-hybridized carbons (Fsp3) is 0.0714. The highest BCUT2D eigenvalue weighted by atomic mass is 32.1. The lowest BCUT2D eigenvalue weighted by atomic mass is 10.1. The Hall–Kier alpha value is -2.25. The summed E-state index contributed by atoms with van der Waals surface area (Å²) in [4.78, 5) is 26.0. The van der Waals surface area contributed by atoms with Crippen molar-refractivity contribution in [3.8, 4) is 5.69 Å². The van der Waals surface area contributed by atoms with Crippen molar-refractivity contribution in [1.29, 1.82) is 0 Å². The van der Waals surface area contributed by atoms with Gasteiger partial charge in [-0.25, -0.2) is 0 Å². The van der Waals surface area contributed by atoms with Crippen LogP contribution in [0.3, 0.4) is 0 Å². The van der Waals surface area contributed by atoms with Gasteiger partial charge in [0.2, 0.25) is 0 Å². The molecule has 0 radical (unpaired) electrons. The van der Waals surface area contributed by atoms with Crippen LogP contribution in [0.2, 0.25) is 0 Å². The van der Waals surface area contributed by atoms with E-state index in [-0.39, 0.29) is 12.0 Å². The van der Waals surface area contributed by atoms with E-state index < -0.39 is 5.97 Å². The van der Waals surface area contributed by atoms with Gasteiger partial charge >= 0.3 is 0 Å². The van der Waals surface area contributed by atoms with Gasteiger partial charge in [0.1, 0.15) is 4.70 Å². The number of aromatic nitrogens is 2. The third kappa shape index (κ3) is 2.53. The Bertz CT molecular complexity index is 935. The fourth-order valence-electron chi connectivity index (χ4n) is 2.10. The highest BCUT2D eigenvalue weighted by Crippen LogP contribution is 2.16. The Balaban J connectivity index is 2.14. The molecule has 1 N–H and O–H groups in total. The maximum absolute atomic E-state index is 12.5. The van der Waals surface area contributed by atoms with Crippen LogP contribution in [0.4, 0.5) is 0 Å². The number of thiophene rings is 1. The van der Waals surface area contributed by atoms with E-state index >= 15 is 0 Å². The van der Waals surface area contributed by atoms with Crippen molar-refractivity contribution in [2.45, 2.75) is 6.42 Å². The van der Waals surface area contributed by atoms with E-state index in [0.29, 0.717) is 20.7 Å². The molecular weight excluding hydrogens is 308 g/mol. The lowest BCUT2D eigenvalue weighted by Gasteiger charge is -2.08. The number of rotatable bonds is 3. The molecule has 21 heavy (non-hydrogen) atoms. The average Bonchev–Trinajstić information content (AvgIpc) is 2.88. The molecule has 0 atom stereocenters. The van der Waals surface area contributed by atoms with Gasteiger partial charge in [0, 0.05) is 12.4 Å². The van der Waals surface area contributed by atoms with Gasteiger partial charge in [-0.15, -0.1) is 11.3 Å². The van der Waals surface area contributed by atoms with Gasteiger partial charge in [-0.3, -0.25) is 9.36 Å². The molecule has 0 amide bonds. The van der Waals surface area contributed by atoms with Crippen LogP contribution in [0.25, 0.3) is 15.9 Å². The summed E-state index contributed by atoms with van der Waals surface area (Å²) in [5, 5.41) is 12.4. The number of carbonyl (C=O) groups is 1. The molecule has 1 aromatic carbocycles. The Morgan fingerprint density at radius 3 is 2.67 bits per heavy atom. The summed E-state index contributed by atoms with van der Waals surface area (Å²) in [6.45, 7) is 0. The zero-order chi connectivity index (χ0) is 15.0. The second-order valence-corrected chi connectivity index (χ2v) is 5.75. The molecule has 0 aliphatic carbocycles. The van der Waals surface area contributed by atoms with Crippen molar-refractivity contribution in [1.82, 2.24) is 9.55 Å². The number of fused-ring (bicyclic) bond motifs is 1. The van der Waals surface area contributed by atoms with Crippen LogP contribution in [0.5, 0.6) is 0 Å². The zero-order valence-electron chi connectivity index (χ0n) is 10.7. The first-order valence-corrected chi connectivity index (χ1v) is 7.37. The largest absolute Gasteiger partial charge is 0.550 e. The number of nitrogens with zero attached hydrogens (tertiary/aromatic N) is 1. The molecule has 0 bridgehead atoms. The van der Waals surface area contributed by atoms with Crippen LogP contribution in [-0.4, -0.2) is 15.5 Å². The Labute approximate surface area is 128 Å². The standard InChI is InChI=1S/C14H10N2O3S2/c17-11(18)7-8-1-3-9(4-2-8)16-13(19)12-10(5-6-21-12)15-14(16)20/h1-6H,7H2,(H,15,20)(H,17,18)/p-1. The van der Waals surface area contributed by atoms with Crippen molar-refractivity contribution < 1.29 is 9.90 Å². The second kappa shape index (κ2) is 5.27. The van der Waals surface area contributed by atoms with E-state index in [1.54, 1.807) is 24.3 Å². The Kier molecular flexibility index (Phi) is 3.44. The molecule has 0 unspecified atom stereocenters. The molecule has 0 aliphatic rings. The molecule has 0 saturated heterocycles. The van der Waals surface area contributed by atoms with Gasteiger partial charge in [0.25, 0.3) is 5.56 Å². The number of carbonyl (C=O) groups excluding carboxylic acids is 1. The number of hydrogen-bond donors (Lipinski definition) is 1. The van der Waals surface area contributed by atoms with Crippen LogP contribution in [0.1, 0.15) is 5.56 Å². The van der Waals surface area contributed by atoms with E-state index in [9.17, 15) is 14.7 Å². The third-order valence-corrected chi connectivity index (χ3v) is 4.24. The number of aromatic amines is 1. The molecule has 5 nitrogen and oxygen atoms in total. The van der Waals surface area contributed by atoms with E-state index in [1.165, 1.54) is 15.9 Å². The molecule has 2 aromatic heterocycles. The van der Waals surface area contributed by atoms with Crippen molar-refractivity contribution in [3.05, 3.63) is 56.4 Å². The third-order valence-electron chi connectivity index (χ3n) is 3.05. The predicted molar refractivity (Wildman–Crippen MR) is 81.3 cm³/mol. The number of nitrogens with one attached hydrogen (secondary N) is 1. The zero-order valence-corrected chi connectivity index (χ0v) is 12.3. The number of hydrogen-bond acceptors (Lipinski definition) is 5. The van der Waals surface area contributed by atoms with Gasteiger partial charge in [-0.05, 0) is 41.4 Å². The number of benzene rings is 1. The molecule has 0 fully saturated rings. The maximum Gasteiger partial charge on any atom is 0.276 e.